The minimum Gasteiger partial charge on any atom is -0.385 e. The summed E-state index contributed by atoms with van der Waals surface area (Å²) in [6.45, 7) is 4.76. The SMILES string of the molecule is CCNc1ccc(N=C2C(=O)N(c3ccccc3)N=C2NC(=O)c2ccccc2)c(C)c1. The monoisotopic (exact) mass is 425 g/mol. The molecule has 1 aliphatic rings. The molecular weight excluding hydrogens is 402 g/mol. The van der Waals surface area contributed by atoms with Crippen molar-refractivity contribution in [3.05, 3.63) is 90.0 Å². The van der Waals surface area contributed by atoms with Crippen molar-refractivity contribution in [3.63, 3.8) is 0 Å². The number of carbonyl (C=O) groups excluding carboxylic acids is 2. The highest BCUT2D eigenvalue weighted by atomic mass is 16.2. The zero-order valence-corrected chi connectivity index (χ0v) is 17.9. The number of rotatable bonds is 5. The number of anilines is 2. The molecule has 0 saturated heterocycles. The van der Waals surface area contributed by atoms with E-state index in [2.05, 4.69) is 20.7 Å². The lowest BCUT2D eigenvalue weighted by molar-refractivity contribution is -0.112. The summed E-state index contributed by atoms with van der Waals surface area (Å²) in [6.07, 6.45) is 0. The Labute approximate surface area is 186 Å². The number of aliphatic imine (C=N–C) groups is 1. The zero-order valence-electron chi connectivity index (χ0n) is 17.9. The van der Waals surface area contributed by atoms with Gasteiger partial charge in [0.15, 0.2) is 11.5 Å². The summed E-state index contributed by atoms with van der Waals surface area (Å²) < 4.78 is 0. The second-order valence-corrected chi connectivity index (χ2v) is 7.21. The van der Waals surface area contributed by atoms with Crippen LogP contribution in [0.25, 0.3) is 0 Å². The van der Waals surface area contributed by atoms with E-state index in [1.165, 1.54) is 5.01 Å². The molecule has 0 fully saturated rings. The number of para-hydroxylation sites is 1. The Morgan fingerprint density at radius 3 is 2.34 bits per heavy atom. The van der Waals surface area contributed by atoms with E-state index in [4.69, 9.17) is 0 Å². The van der Waals surface area contributed by atoms with Gasteiger partial charge in [0.2, 0.25) is 0 Å². The van der Waals surface area contributed by atoms with Crippen molar-refractivity contribution in [2.24, 2.45) is 10.1 Å². The average molecular weight is 425 g/mol. The van der Waals surface area contributed by atoms with E-state index in [1.54, 1.807) is 36.4 Å². The zero-order chi connectivity index (χ0) is 22.5. The van der Waals surface area contributed by atoms with E-state index in [1.807, 2.05) is 56.3 Å². The molecule has 0 atom stereocenters. The molecule has 0 aliphatic carbocycles. The summed E-state index contributed by atoms with van der Waals surface area (Å²) in [4.78, 5) is 30.6. The first-order valence-electron chi connectivity index (χ1n) is 10.3. The molecule has 2 amide bonds. The molecule has 7 heteroatoms. The van der Waals surface area contributed by atoms with Crippen LogP contribution in [0.15, 0.2) is 89.0 Å². The van der Waals surface area contributed by atoms with Gasteiger partial charge in [0.05, 0.1) is 11.4 Å². The lowest BCUT2D eigenvalue weighted by Gasteiger charge is -2.10. The van der Waals surface area contributed by atoms with Gasteiger partial charge >= 0.3 is 5.91 Å². The van der Waals surface area contributed by atoms with E-state index < -0.39 is 5.91 Å². The van der Waals surface area contributed by atoms with E-state index in [-0.39, 0.29) is 17.5 Å². The average Bonchev–Trinajstić information content (AvgIpc) is 3.12. The van der Waals surface area contributed by atoms with Crippen LogP contribution in [0.3, 0.4) is 0 Å². The molecule has 0 unspecified atom stereocenters. The molecule has 0 radical (unpaired) electrons. The summed E-state index contributed by atoms with van der Waals surface area (Å²) in [5, 5.41) is 11.6. The van der Waals surface area contributed by atoms with Gasteiger partial charge in [0, 0.05) is 17.8 Å². The van der Waals surface area contributed by atoms with Gasteiger partial charge in [-0.2, -0.15) is 5.01 Å². The largest absolute Gasteiger partial charge is 0.385 e. The van der Waals surface area contributed by atoms with Crippen molar-refractivity contribution >= 4 is 40.4 Å². The van der Waals surface area contributed by atoms with Crippen LogP contribution < -0.4 is 15.6 Å². The quantitative estimate of drug-likeness (QED) is 0.639. The van der Waals surface area contributed by atoms with Gasteiger partial charge in [0.25, 0.3) is 5.91 Å². The normalized spacial score (nSPS) is 14.4. The van der Waals surface area contributed by atoms with Crippen molar-refractivity contribution in [2.75, 3.05) is 16.9 Å². The molecule has 3 aromatic rings. The van der Waals surface area contributed by atoms with Gasteiger partial charge in [0.1, 0.15) is 0 Å². The summed E-state index contributed by atoms with van der Waals surface area (Å²) in [5.74, 6) is -0.656. The summed E-state index contributed by atoms with van der Waals surface area (Å²) in [7, 11) is 0. The van der Waals surface area contributed by atoms with E-state index in [0.717, 1.165) is 17.8 Å². The molecule has 160 valence electrons. The Morgan fingerprint density at radius 1 is 1.00 bits per heavy atom. The number of amides is 2. The Bertz CT molecular complexity index is 1200. The second-order valence-electron chi connectivity index (χ2n) is 7.21. The Hall–Kier alpha value is -4.26. The van der Waals surface area contributed by atoms with E-state index >= 15 is 0 Å². The van der Waals surface area contributed by atoms with Crippen molar-refractivity contribution in [1.29, 1.82) is 0 Å². The molecular formula is C25H23N5O2. The third-order valence-corrected chi connectivity index (χ3v) is 4.90. The topological polar surface area (TPSA) is 86.2 Å². The lowest BCUT2D eigenvalue weighted by atomic mass is 10.1. The summed E-state index contributed by atoms with van der Waals surface area (Å²) in [5.41, 5.74) is 3.64. The first-order chi connectivity index (χ1) is 15.6. The van der Waals surface area contributed by atoms with Gasteiger partial charge in [-0.05, 0) is 61.9 Å². The Balaban J connectivity index is 1.71. The molecule has 1 heterocycles. The molecule has 4 rings (SSSR count). The van der Waals surface area contributed by atoms with Crippen molar-refractivity contribution in [1.82, 2.24) is 5.32 Å². The molecule has 0 saturated carbocycles. The lowest BCUT2D eigenvalue weighted by Crippen LogP contribution is -2.37. The molecule has 32 heavy (non-hydrogen) atoms. The minimum absolute atomic E-state index is 0.0810. The van der Waals surface area contributed by atoms with Crippen LogP contribution in [-0.4, -0.2) is 29.9 Å². The molecule has 0 bridgehead atoms. The highest BCUT2D eigenvalue weighted by Gasteiger charge is 2.34. The van der Waals surface area contributed by atoms with E-state index in [0.29, 0.717) is 16.9 Å². The number of hydrogen-bond donors (Lipinski definition) is 2. The smallest absolute Gasteiger partial charge is 0.301 e. The fraction of sp³-hybridized carbons (Fsp3) is 0.120. The van der Waals surface area contributed by atoms with Gasteiger partial charge < -0.3 is 10.6 Å². The number of hydrazone groups is 1. The third kappa shape index (κ3) is 4.41. The van der Waals surface area contributed by atoms with Crippen molar-refractivity contribution in [3.8, 4) is 0 Å². The summed E-state index contributed by atoms with van der Waals surface area (Å²) >= 11 is 0. The standard InChI is InChI=1S/C25H23N5O2/c1-3-26-19-14-15-21(17(2)16-19)27-22-23(28-24(31)18-10-6-4-7-11-18)29-30(25(22)32)20-12-8-5-9-13-20/h4-16,26H,3H2,1-2H3,(H,28,29,31). The predicted octanol–water partition coefficient (Wildman–Crippen LogP) is 4.29. The number of carbonyl (C=O) groups is 2. The second kappa shape index (κ2) is 9.26. The first kappa shape index (κ1) is 21.0. The van der Waals surface area contributed by atoms with Crippen LogP contribution in [0.1, 0.15) is 22.8 Å². The minimum atomic E-state index is -0.408. The Morgan fingerprint density at radius 2 is 1.69 bits per heavy atom. The van der Waals surface area contributed by atoms with E-state index in [9.17, 15) is 9.59 Å². The maximum atomic E-state index is 13.2. The van der Waals surface area contributed by atoms with Gasteiger partial charge in [-0.1, -0.05) is 36.4 Å². The molecule has 0 aromatic heterocycles. The third-order valence-electron chi connectivity index (χ3n) is 4.90. The van der Waals surface area contributed by atoms with Crippen LogP contribution in [0.4, 0.5) is 17.1 Å². The molecule has 1 aliphatic heterocycles. The van der Waals surface area contributed by atoms with Crippen molar-refractivity contribution < 1.29 is 9.59 Å². The number of amidine groups is 1. The molecule has 7 nitrogen and oxygen atoms in total. The fourth-order valence-corrected chi connectivity index (χ4v) is 3.31. The molecule has 0 spiro atoms. The van der Waals surface area contributed by atoms with Crippen LogP contribution >= 0.6 is 0 Å². The number of nitrogens with one attached hydrogen (secondary N) is 2. The number of aryl methyl sites for hydroxylation is 1. The summed E-state index contributed by atoms with van der Waals surface area (Å²) in [6, 6.07) is 23.5. The Kier molecular flexibility index (Phi) is 6.07. The fourth-order valence-electron chi connectivity index (χ4n) is 3.31. The van der Waals surface area contributed by atoms with Crippen LogP contribution in [0.5, 0.6) is 0 Å². The molecule has 3 aromatic carbocycles. The number of nitrogens with zero attached hydrogens (tertiary/aromatic N) is 3. The van der Waals surface area contributed by atoms with Gasteiger partial charge in [-0.25, -0.2) is 4.99 Å². The number of hydrogen-bond acceptors (Lipinski definition) is 5. The van der Waals surface area contributed by atoms with Crippen molar-refractivity contribution in [2.45, 2.75) is 13.8 Å². The van der Waals surface area contributed by atoms with Crippen LogP contribution in [-0.2, 0) is 4.79 Å². The molecule has 2 N–H and O–H groups in total. The predicted molar refractivity (Wildman–Crippen MR) is 128 cm³/mol. The van der Waals surface area contributed by atoms with Gasteiger partial charge in [-0.15, -0.1) is 5.10 Å². The van der Waals surface area contributed by atoms with Crippen LogP contribution in [0, 0.1) is 6.92 Å². The first-order valence-corrected chi connectivity index (χ1v) is 10.3. The maximum Gasteiger partial charge on any atom is 0.301 e. The maximum absolute atomic E-state index is 13.2. The highest BCUT2D eigenvalue weighted by Crippen LogP contribution is 2.25. The number of benzene rings is 3. The highest BCUT2D eigenvalue weighted by molar-refractivity contribution is 6.72. The van der Waals surface area contributed by atoms with Gasteiger partial charge in [-0.3, -0.25) is 9.59 Å². The van der Waals surface area contributed by atoms with Crippen LogP contribution in [0.2, 0.25) is 0 Å².